The highest BCUT2D eigenvalue weighted by Crippen LogP contribution is 2.39. The SMILES string of the molecule is C/C(=C1/SC(=O)N(c2ccccc2F)C1=O)c1ccc(Cl)cc1. The van der Waals surface area contributed by atoms with Crippen LogP contribution in [0, 0.1) is 5.82 Å². The van der Waals surface area contributed by atoms with Crippen LogP contribution in [0.2, 0.25) is 5.02 Å². The van der Waals surface area contributed by atoms with Gasteiger partial charge in [-0.15, -0.1) is 0 Å². The highest BCUT2D eigenvalue weighted by atomic mass is 35.5. The van der Waals surface area contributed by atoms with Crippen LogP contribution in [0.25, 0.3) is 5.57 Å². The number of halogens is 2. The molecule has 116 valence electrons. The molecule has 0 bridgehead atoms. The Hall–Kier alpha value is -2.11. The van der Waals surface area contributed by atoms with Gasteiger partial charge in [0.15, 0.2) is 0 Å². The number of carbonyl (C=O) groups excluding carboxylic acids is 2. The van der Waals surface area contributed by atoms with Gasteiger partial charge in [-0.1, -0.05) is 35.9 Å². The van der Waals surface area contributed by atoms with Gasteiger partial charge in [-0.2, -0.15) is 0 Å². The minimum atomic E-state index is -0.611. The van der Waals surface area contributed by atoms with E-state index >= 15 is 0 Å². The highest BCUT2D eigenvalue weighted by molar-refractivity contribution is 8.19. The molecule has 0 saturated carbocycles. The van der Waals surface area contributed by atoms with Crippen LogP contribution in [-0.4, -0.2) is 11.1 Å². The molecule has 6 heteroatoms. The summed E-state index contributed by atoms with van der Waals surface area (Å²) in [6.07, 6.45) is 0. The van der Waals surface area contributed by atoms with E-state index in [4.69, 9.17) is 11.6 Å². The van der Waals surface area contributed by atoms with Crippen LogP contribution in [0.1, 0.15) is 12.5 Å². The van der Waals surface area contributed by atoms with E-state index in [2.05, 4.69) is 0 Å². The van der Waals surface area contributed by atoms with E-state index in [1.165, 1.54) is 18.2 Å². The normalized spacial score (nSPS) is 16.9. The van der Waals surface area contributed by atoms with Crippen LogP contribution >= 0.6 is 23.4 Å². The maximum absolute atomic E-state index is 13.9. The maximum atomic E-state index is 13.9. The van der Waals surface area contributed by atoms with Crippen molar-refractivity contribution in [1.29, 1.82) is 0 Å². The number of rotatable bonds is 2. The average molecular weight is 348 g/mol. The van der Waals surface area contributed by atoms with E-state index in [1.807, 2.05) is 0 Å². The lowest BCUT2D eigenvalue weighted by Crippen LogP contribution is -2.28. The fourth-order valence-electron chi connectivity index (χ4n) is 2.27. The Labute approximate surface area is 141 Å². The van der Waals surface area contributed by atoms with Gasteiger partial charge < -0.3 is 0 Å². The van der Waals surface area contributed by atoms with Crippen molar-refractivity contribution >= 4 is 45.8 Å². The number of amides is 2. The molecule has 0 spiro atoms. The molecule has 2 aromatic rings. The van der Waals surface area contributed by atoms with Gasteiger partial charge in [-0.25, -0.2) is 9.29 Å². The van der Waals surface area contributed by atoms with Crippen molar-refractivity contribution in [3.05, 3.63) is 69.8 Å². The van der Waals surface area contributed by atoms with Crippen LogP contribution < -0.4 is 4.90 Å². The molecule has 0 aromatic heterocycles. The standard InChI is InChI=1S/C17H11ClFNO2S/c1-10(11-6-8-12(18)9-7-11)15-16(21)20(17(22)23-15)14-5-3-2-4-13(14)19/h2-9H,1H3/b15-10-. The number of benzene rings is 2. The Morgan fingerprint density at radius 2 is 1.74 bits per heavy atom. The minimum absolute atomic E-state index is 0.0334. The zero-order valence-electron chi connectivity index (χ0n) is 12.0. The van der Waals surface area contributed by atoms with Crippen LogP contribution in [0.15, 0.2) is 53.4 Å². The molecule has 3 nitrogen and oxygen atoms in total. The summed E-state index contributed by atoms with van der Waals surface area (Å²) in [5.41, 5.74) is 1.41. The van der Waals surface area contributed by atoms with Crippen molar-refractivity contribution in [3.8, 4) is 0 Å². The van der Waals surface area contributed by atoms with E-state index in [-0.39, 0.29) is 5.69 Å². The number of imide groups is 1. The maximum Gasteiger partial charge on any atom is 0.298 e. The molecular formula is C17H11ClFNO2S. The molecule has 3 rings (SSSR count). The number of thioether (sulfide) groups is 1. The monoisotopic (exact) mass is 347 g/mol. The first-order valence-corrected chi connectivity index (χ1v) is 7.96. The largest absolute Gasteiger partial charge is 0.298 e. The first-order chi connectivity index (χ1) is 11.0. The second kappa shape index (κ2) is 6.18. The predicted octanol–water partition coefficient (Wildman–Crippen LogP) is 5.11. The first-order valence-electron chi connectivity index (χ1n) is 6.76. The first kappa shape index (κ1) is 15.8. The fraction of sp³-hybridized carbons (Fsp3) is 0.0588. The summed E-state index contributed by atoms with van der Waals surface area (Å²) < 4.78 is 13.9. The quantitative estimate of drug-likeness (QED) is 0.708. The molecule has 2 aromatic carbocycles. The molecule has 0 atom stereocenters. The topological polar surface area (TPSA) is 37.4 Å². The Morgan fingerprint density at radius 3 is 2.39 bits per heavy atom. The zero-order chi connectivity index (χ0) is 16.6. The molecule has 1 fully saturated rings. The van der Waals surface area contributed by atoms with Crippen molar-refractivity contribution < 1.29 is 14.0 Å². The number of para-hydroxylation sites is 1. The molecule has 0 radical (unpaired) electrons. The lowest BCUT2D eigenvalue weighted by atomic mass is 10.1. The number of hydrogen-bond acceptors (Lipinski definition) is 3. The van der Waals surface area contributed by atoms with Gasteiger partial charge in [0.25, 0.3) is 11.1 Å². The smallest absolute Gasteiger partial charge is 0.268 e. The Morgan fingerprint density at radius 1 is 1.09 bits per heavy atom. The molecule has 0 unspecified atom stereocenters. The Balaban J connectivity index is 2.03. The van der Waals surface area contributed by atoms with E-state index in [0.29, 0.717) is 15.5 Å². The minimum Gasteiger partial charge on any atom is -0.268 e. The van der Waals surface area contributed by atoms with Crippen LogP contribution in [0.4, 0.5) is 14.9 Å². The number of allylic oxidation sites excluding steroid dienone is 1. The van der Waals surface area contributed by atoms with Gasteiger partial charge in [0, 0.05) is 5.02 Å². The van der Waals surface area contributed by atoms with Crippen molar-refractivity contribution in [1.82, 2.24) is 0 Å². The summed E-state index contributed by atoms with van der Waals surface area (Å²) in [6.45, 7) is 1.75. The second-order valence-corrected chi connectivity index (χ2v) is 6.32. The van der Waals surface area contributed by atoms with Crippen LogP contribution in [0.3, 0.4) is 0 Å². The van der Waals surface area contributed by atoms with Crippen molar-refractivity contribution in [3.63, 3.8) is 0 Å². The molecular weight excluding hydrogens is 337 g/mol. The number of anilines is 1. The van der Waals surface area contributed by atoms with E-state index in [0.717, 1.165) is 22.2 Å². The lowest BCUT2D eigenvalue weighted by molar-refractivity contribution is -0.113. The molecule has 1 aliphatic rings. The second-order valence-electron chi connectivity index (χ2n) is 4.92. The third-order valence-corrected chi connectivity index (χ3v) is 4.77. The summed E-state index contributed by atoms with van der Waals surface area (Å²) in [7, 11) is 0. The zero-order valence-corrected chi connectivity index (χ0v) is 13.6. The van der Waals surface area contributed by atoms with Crippen LogP contribution in [-0.2, 0) is 4.79 Å². The Bertz CT molecular complexity index is 833. The molecule has 1 heterocycles. The van der Waals surface area contributed by atoms with Crippen LogP contribution in [0.5, 0.6) is 0 Å². The van der Waals surface area contributed by atoms with Gasteiger partial charge >= 0.3 is 0 Å². The van der Waals surface area contributed by atoms with Gasteiger partial charge in [-0.3, -0.25) is 9.59 Å². The number of carbonyl (C=O) groups is 2. The third kappa shape index (κ3) is 2.90. The number of nitrogens with zero attached hydrogens (tertiary/aromatic N) is 1. The van der Waals surface area contributed by atoms with E-state index in [9.17, 15) is 14.0 Å². The van der Waals surface area contributed by atoms with Gasteiger partial charge in [0.05, 0.1) is 10.6 Å². The van der Waals surface area contributed by atoms with E-state index in [1.54, 1.807) is 37.3 Å². The summed E-state index contributed by atoms with van der Waals surface area (Å²) in [4.78, 5) is 25.9. The molecule has 0 N–H and O–H groups in total. The van der Waals surface area contributed by atoms with Crippen molar-refractivity contribution in [2.45, 2.75) is 6.92 Å². The Kier molecular flexibility index (Phi) is 4.24. The van der Waals surface area contributed by atoms with Gasteiger partial charge in [0.2, 0.25) is 0 Å². The highest BCUT2D eigenvalue weighted by Gasteiger charge is 2.38. The molecule has 1 saturated heterocycles. The van der Waals surface area contributed by atoms with Gasteiger partial charge in [0.1, 0.15) is 5.82 Å². The molecule has 0 aliphatic carbocycles. The summed E-state index contributed by atoms with van der Waals surface area (Å²) in [5.74, 6) is -1.13. The molecule has 2 amide bonds. The summed E-state index contributed by atoms with van der Waals surface area (Å²) in [6, 6.07) is 12.7. The fourth-order valence-corrected chi connectivity index (χ4v) is 3.29. The van der Waals surface area contributed by atoms with Gasteiger partial charge in [-0.05, 0) is 54.1 Å². The number of hydrogen-bond donors (Lipinski definition) is 0. The van der Waals surface area contributed by atoms with Crippen molar-refractivity contribution in [2.75, 3.05) is 4.90 Å². The lowest BCUT2D eigenvalue weighted by Gasteiger charge is -2.13. The molecule has 1 aliphatic heterocycles. The van der Waals surface area contributed by atoms with Crippen molar-refractivity contribution in [2.24, 2.45) is 0 Å². The third-order valence-electron chi connectivity index (χ3n) is 3.48. The average Bonchev–Trinajstić information content (AvgIpc) is 2.83. The predicted molar refractivity (Wildman–Crippen MR) is 90.9 cm³/mol. The molecule has 23 heavy (non-hydrogen) atoms. The summed E-state index contributed by atoms with van der Waals surface area (Å²) in [5, 5.41) is 0.0735. The summed E-state index contributed by atoms with van der Waals surface area (Å²) >= 11 is 6.67. The van der Waals surface area contributed by atoms with E-state index < -0.39 is 17.0 Å².